The fourth-order valence-corrected chi connectivity index (χ4v) is 4.11. The van der Waals surface area contributed by atoms with E-state index in [-0.39, 0.29) is 29.6 Å². The van der Waals surface area contributed by atoms with Gasteiger partial charge in [-0.2, -0.15) is 0 Å². The van der Waals surface area contributed by atoms with Crippen LogP contribution in [0, 0.1) is 5.41 Å². The van der Waals surface area contributed by atoms with Gasteiger partial charge < -0.3 is 10.1 Å². The zero-order valence-electron chi connectivity index (χ0n) is 12.3. The molecule has 3 atom stereocenters. The molecule has 3 heteroatoms. The average molecular weight is 273 g/mol. The summed E-state index contributed by atoms with van der Waals surface area (Å²) in [7, 11) is 0. The molecule has 20 heavy (non-hydrogen) atoms. The van der Waals surface area contributed by atoms with Crippen LogP contribution < -0.4 is 5.32 Å². The van der Waals surface area contributed by atoms with Crippen molar-refractivity contribution in [3.63, 3.8) is 0 Å². The topological polar surface area (TPSA) is 38.3 Å². The van der Waals surface area contributed by atoms with E-state index in [4.69, 9.17) is 4.74 Å². The van der Waals surface area contributed by atoms with Crippen LogP contribution in [0.2, 0.25) is 0 Å². The van der Waals surface area contributed by atoms with E-state index in [1.54, 1.807) is 0 Å². The van der Waals surface area contributed by atoms with Crippen LogP contribution in [-0.2, 0) is 16.0 Å². The second kappa shape index (κ2) is 5.21. The predicted octanol–water partition coefficient (Wildman–Crippen LogP) is 2.69. The number of hydrogen-bond donors (Lipinski definition) is 1. The van der Waals surface area contributed by atoms with Crippen molar-refractivity contribution in [1.29, 1.82) is 0 Å². The SMILES string of the molecule is CC1CC2(CC(=O)NC2Cc2ccccc2)CC(C)O1. The Morgan fingerprint density at radius 3 is 2.50 bits per heavy atom. The van der Waals surface area contributed by atoms with Gasteiger partial charge in [-0.3, -0.25) is 4.79 Å². The van der Waals surface area contributed by atoms with Gasteiger partial charge in [0.15, 0.2) is 0 Å². The molecule has 1 aromatic rings. The van der Waals surface area contributed by atoms with Crippen molar-refractivity contribution in [2.45, 2.75) is 57.8 Å². The molecule has 0 aromatic heterocycles. The van der Waals surface area contributed by atoms with Crippen molar-refractivity contribution in [2.75, 3.05) is 0 Å². The lowest BCUT2D eigenvalue weighted by Crippen LogP contribution is -2.46. The molecule has 2 aliphatic rings. The smallest absolute Gasteiger partial charge is 0.220 e. The first-order valence-corrected chi connectivity index (χ1v) is 7.56. The zero-order valence-corrected chi connectivity index (χ0v) is 12.3. The Labute approximate surface area is 120 Å². The Morgan fingerprint density at radius 1 is 1.20 bits per heavy atom. The van der Waals surface area contributed by atoms with Crippen LogP contribution in [0.15, 0.2) is 30.3 Å². The molecular weight excluding hydrogens is 250 g/mol. The first kappa shape index (κ1) is 13.6. The summed E-state index contributed by atoms with van der Waals surface area (Å²) in [5.74, 6) is 0.201. The number of carbonyl (C=O) groups is 1. The molecule has 1 aromatic carbocycles. The number of hydrogen-bond acceptors (Lipinski definition) is 2. The third-order valence-corrected chi connectivity index (χ3v) is 4.72. The zero-order chi connectivity index (χ0) is 14.2. The summed E-state index contributed by atoms with van der Waals surface area (Å²) in [6.07, 6.45) is 4.02. The van der Waals surface area contributed by atoms with E-state index in [9.17, 15) is 4.79 Å². The summed E-state index contributed by atoms with van der Waals surface area (Å²) in [4.78, 5) is 12.0. The van der Waals surface area contributed by atoms with Gasteiger partial charge in [0.25, 0.3) is 0 Å². The normalized spacial score (nSPS) is 37.1. The fourth-order valence-electron chi connectivity index (χ4n) is 4.11. The van der Waals surface area contributed by atoms with Crippen molar-refractivity contribution in [3.05, 3.63) is 35.9 Å². The number of amides is 1. The van der Waals surface area contributed by atoms with Crippen LogP contribution in [0.1, 0.15) is 38.7 Å². The van der Waals surface area contributed by atoms with Gasteiger partial charge in [0, 0.05) is 17.9 Å². The number of ether oxygens (including phenoxy) is 1. The minimum absolute atomic E-state index is 0.0734. The van der Waals surface area contributed by atoms with Gasteiger partial charge >= 0.3 is 0 Å². The second-order valence-corrected chi connectivity index (χ2v) is 6.51. The second-order valence-electron chi connectivity index (χ2n) is 6.51. The summed E-state index contributed by atoms with van der Waals surface area (Å²) in [6.45, 7) is 4.25. The van der Waals surface area contributed by atoms with E-state index < -0.39 is 0 Å². The van der Waals surface area contributed by atoms with Crippen LogP contribution in [0.3, 0.4) is 0 Å². The van der Waals surface area contributed by atoms with Gasteiger partial charge in [-0.15, -0.1) is 0 Å². The highest BCUT2D eigenvalue weighted by Gasteiger charge is 2.50. The first-order valence-electron chi connectivity index (χ1n) is 7.56. The Kier molecular flexibility index (Phi) is 3.55. The molecule has 2 saturated heterocycles. The van der Waals surface area contributed by atoms with Crippen LogP contribution >= 0.6 is 0 Å². The molecule has 1 N–H and O–H groups in total. The lowest BCUT2D eigenvalue weighted by Gasteiger charge is -2.43. The Hall–Kier alpha value is -1.35. The van der Waals surface area contributed by atoms with E-state index in [0.29, 0.717) is 6.42 Å². The van der Waals surface area contributed by atoms with E-state index in [1.807, 2.05) is 6.07 Å². The van der Waals surface area contributed by atoms with Crippen LogP contribution in [0.5, 0.6) is 0 Å². The third-order valence-electron chi connectivity index (χ3n) is 4.72. The summed E-state index contributed by atoms with van der Waals surface area (Å²) in [5.41, 5.74) is 1.37. The highest BCUT2D eigenvalue weighted by atomic mass is 16.5. The Morgan fingerprint density at radius 2 is 1.85 bits per heavy atom. The first-order chi connectivity index (χ1) is 9.57. The summed E-state index contributed by atoms with van der Waals surface area (Å²) in [5, 5.41) is 3.21. The van der Waals surface area contributed by atoms with Crippen molar-refractivity contribution >= 4 is 5.91 Å². The van der Waals surface area contributed by atoms with Gasteiger partial charge in [0.2, 0.25) is 5.91 Å². The quantitative estimate of drug-likeness (QED) is 0.899. The predicted molar refractivity (Wildman–Crippen MR) is 78.4 cm³/mol. The summed E-state index contributed by atoms with van der Waals surface area (Å²) >= 11 is 0. The van der Waals surface area contributed by atoms with Crippen molar-refractivity contribution in [3.8, 4) is 0 Å². The summed E-state index contributed by atoms with van der Waals surface area (Å²) in [6, 6.07) is 10.7. The number of nitrogens with one attached hydrogen (secondary N) is 1. The molecule has 1 amide bonds. The van der Waals surface area contributed by atoms with Gasteiger partial charge in [-0.25, -0.2) is 0 Å². The molecule has 0 aliphatic carbocycles. The lowest BCUT2D eigenvalue weighted by molar-refractivity contribution is -0.121. The molecule has 0 radical (unpaired) electrons. The Balaban J connectivity index is 1.83. The maximum Gasteiger partial charge on any atom is 0.220 e. The highest BCUT2D eigenvalue weighted by molar-refractivity contribution is 5.80. The van der Waals surface area contributed by atoms with Gasteiger partial charge in [0.1, 0.15) is 0 Å². The highest BCUT2D eigenvalue weighted by Crippen LogP contribution is 2.46. The van der Waals surface area contributed by atoms with Crippen LogP contribution in [0.4, 0.5) is 0 Å². The third kappa shape index (κ3) is 2.59. The lowest BCUT2D eigenvalue weighted by atomic mass is 9.69. The molecule has 2 heterocycles. The monoisotopic (exact) mass is 273 g/mol. The molecule has 108 valence electrons. The van der Waals surface area contributed by atoms with Gasteiger partial charge in [-0.1, -0.05) is 30.3 Å². The molecule has 1 spiro atoms. The molecule has 3 unspecified atom stereocenters. The maximum absolute atomic E-state index is 12.0. The number of benzene rings is 1. The standard InChI is InChI=1S/C17H23NO2/c1-12-9-17(10-13(2)20-12)11-16(19)18-15(17)8-14-6-4-3-5-7-14/h3-7,12-13,15H,8-11H2,1-2H3,(H,18,19). The Bertz CT molecular complexity index is 475. The molecule has 3 rings (SSSR count). The number of rotatable bonds is 2. The number of carbonyl (C=O) groups excluding carboxylic acids is 1. The van der Waals surface area contributed by atoms with Crippen LogP contribution in [-0.4, -0.2) is 24.2 Å². The van der Waals surface area contributed by atoms with Gasteiger partial charge in [-0.05, 0) is 38.7 Å². The van der Waals surface area contributed by atoms with E-state index in [1.165, 1.54) is 5.56 Å². The minimum atomic E-state index is 0.0734. The van der Waals surface area contributed by atoms with E-state index in [0.717, 1.165) is 19.3 Å². The van der Waals surface area contributed by atoms with Gasteiger partial charge in [0.05, 0.1) is 12.2 Å². The van der Waals surface area contributed by atoms with Crippen LogP contribution in [0.25, 0.3) is 0 Å². The largest absolute Gasteiger partial charge is 0.376 e. The van der Waals surface area contributed by atoms with E-state index >= 15 is 0 Å². The molecule has 2 fully saturated rings. The molecule has 3 nitrogen and oxygen atoms in total. The van der Waals surface area contributed by atoms with E-state index in [2.05, 4.69) is 43.4 Å². The molecule has 0 saturated carbocycles. The summed E-state index contributed by atoms with van der Waals surface area (Å²) < 4.78 is 5.87. The van der Waals surface area contributed by atoms with Crippen molar-refractivity contribution < 1.29 is 9.53 Å². The maximum atomic E-state index is 12.0. The van der Waals surface area contributed by atoms with Crippen molar-refractivity contribution in [1.82, 2.24) is 5.32 Å². The molecular formula is C17H23NO2. The molecule has 0 bridgehead atoms. The minimum Gasteiger partial charge on any atom is -0.376 e. The molecule has 2 aliphatic heterocycles. The van der Waals surface area contributed by atoms with Crippen molar-refractivity contribution in [2.24, 2.45) is 5.41 Å². The average Bonchev–Trinajstić information content (AvgIpc) is 2.64. The fraction of sp³-hybridized carbons (Fsp3) is 0.588.